The van der Waals surface area contributed by atoms with Crippen LogP contribution in [-0.2, 0) is 16.2 Å². The Bertz CT molecular complexity index is 2500. The van der Waals surface area contributed by atoms with Gasteiger partial charge >= 0.3 is 0 Å². The van der Waals surface area contributed by atoms with Gasteiger partial charge in [-0.2, -0.15) is 0 Å². The molecule has 4 aromatic carbocycles. The van der Waals surface area contributed by atoms with Crippen LogP contribution >= 0.6 is 21.3 Å². The summed E-state index contributed by atoms with van der Waals surface area (Å²) in [4.78, 5) is 15.4. The van der Waals surface area contributed by atoms with Gasteiger partial charge in [-0.1, -0.05) is 94.1 Å². The van der Waals surface area contributed by atoms with Gasteiger partial charge in [-0.05, 0) is 48.2 Å². The molecule has 0 radical (unpaired) electrons. The van der Waals surface area contributed by atoms with Crippen molar-refractivity contribution >= 4 is 59.9 Å². The summed E-state index contributed by atoms with van der Waals surface area (Å²) in [6.45, 7) is 3.32. The van der Waals surface area contributed by atoms with Crippen LogP contribution in [-0.4, -0.2) is 49.6 Å². The van der Waals surface area contributed by atoms with E-state index >= 15 is 0 Å². The summed E-state index contributed by atoms with van der Waals surface area (Å²) in [7, 11) is -2.63. The highest BCUT2D eigenvalue weighted by Gasteiger charge is 2.77. The molecule has 2 bridgehead atoms. The van der Waals surface area contributed by atoms with Crippen molar-refractivity contribution in [3.63, 3.8) is 0 Å². The lowest BCUT2D eigenvalue weighted by Gasteiger charge is -2.75. The molecule has 6 aliphatic heterocycles. The van der Waals surface area contributed by atoms with Gasteiger partial charge in [0, 0.05) is 41.0 Å². The van der Waals surface area contributed by atoms with Crippen LogP contribution in [0.4, 0.5) is 11.6 Å². The molecular formula is C39H37ClN8O3S. The molecule has 0 amide bonds. The van der Waals surface area contributed by atoms with Gasteiger partial charge in [0.1, 0.15) is 40.4 Å². The van der Waals surface area contributed by atoms with E-state index in [0.717, 1.165) is 67.6 Å². The molecule has 264 valence electrons. The molecule has 1 aromatic heterocycles. The summed E-state index contributed by atoms with van der Waals surface area (Å²) in [5.74, 6) is 4.21. The van der Waals surface area contributed by atoms with Gasteiger partial charge in [-0.3, -0.25) is 13.3 Å². The highest BCUT2D eigenvalue weighted by Crippen LogP contribution is 2.93. The van der Waals surface area contributed by atoms with Crippen LogP contribution in [0.5, 0.6) is 5.75 Å². The van der Waals surface area contributed by atoms with Crippen molar-refractivity contribution < 1.29 is 14.6 Å². The number of rotatable bonds is 7. The number of benzene rings is 4. The molecule has 11 nitrogen and oxygen atoms in total. The smallest absolute Gasteiger partial charge is 0.175 e. The Morgan fingerprint density at radius 3 is 2.67 bits per heavy atom. The fourth-order valence-electron chi connectivity index (χ4n) is 9.56. The van der Waals surface area contributed by atoms with Crippen molar-refractivity contribution in [1.29, 1.82) is 0 Å². The molecule has 3 unspecified atom stereocenters. The van der Waals surface area contributed by atoms with Gasteiger partial charge in [-0.25, -0.2) is 14.7 Å². The number of nitrogens with zero attached hydrogens (tertiary/aromatic N) is 5. The maximum Gasteiger partial charge on any atom is 0.175 e. The number of anilines is 1. The van der Waals surface area contributed by atoms with Crippen LogP contribution in [0.3, 0.4) is 0 Å². The van der Waals surface area contributed by atoms with E-state index in [9.17, 15) is 5.11 Å². The lowest BCUT2D eigenvalue weighted by atomic mass is 9.98. The van der Waals surface area contributed by atoms with Crippen molar-refractivity contribution in [1.82, 2.24) is 18.3 Å². The minimum absolute atomic E-state index is 0.286. The lowest BCUT2D eigenvalue weighted by Crippen LogP contribution is -2.66. The quantitative estimate of drug-likeness (QED) is 0.0702. The zero-order valence-electron chi connectivity index (χ0n) is 28.5. The number of nitrogens with one attached hydrogen (secondary N) is 3. The Kier molecular flexibility index (Phi) is 6.14. The third-order valence-electron chi connectivity index (χ3n) is 11.9. The number of ether oxygens (including phenoxy) is 2. The minimum Gasteiger partial charge on any atom is -0.494 e. The molecule has 0 fully saturated rings. The molecule has 11 rings (SSSR count). The molecule has 7 heterocycles. The molecule has 5 aromatic rings. The maximum absolute atomic E-state index is 9.85. The number of aliphatic hydroxyl groups excluding tert-OH is 1. The number of amidine groups is 2. The first-order chi connectivity index (χ1) is 25.4. The van der Waals surface area contributed by atoms with E-state index in [0.29, 0.717) is 30.5 Å². The minimum atomic E-state index is -4.13. The summed E-state index contributed by atoms with van der Waals surface area (Å²) in [6, 6.07) is 31.7. The van der Waals surface area contributed by atoms with Crippen molar-refractivity contribution in [2.45, 2.75) is 49.8 Å². The SMILES string of the molecule is COC(O)CCCOc1ccc2c3n4c(c2c1)NC1N[SH]42(C(Cl)=N3)N3C(=N[C@@]2(C)c2ccccc21)c1ccccc1C3NC1=NCc2ccccc21. The highest BCUT2D eigenvalue weighted by atomic mass is 35.5. The molecule has 52 heavy (non-hydrogen) atoms. The number of methoxy groups -OCH3 is 1. The lowest BCUT2D eigenvalue weighted by molar-refractivity contribution is -0.0803. The first-order valence-corrected chi connectivity index (χ1v) is 20.2. The number of hydrogen-bond acceptors (Lipinski definition) is 10. The topological polar surface area (TPSA) is 120 Å². The third-order valence-corrected chi connectivity index (χ3v) is 18.9. The van der Waals surface area contributed by atoms with Crippen LogP contribution in [0, 0.1) is 0 Å². The van der Waals surface area contributed by atoms with Crippen molar-refractivity contribution in [2.75, 3.05) is 19.0 Å². The number of aromatic nitrogens is 1. The predicted octanol–water partition coefficient (Wildman–Crippen LogP) is 6.90. The molecule has 0 saturated heterocycles. The van der Waals surface area contributed by atoms with Gasteiger partial charge in [0.2, 0.25) is 0 Å². The van der Waals surface area contributed by atoms with Gasteiger partial charge in [0.15, 0.2) is 16.6 Å². The number of aliphatic imine (C=N–C) groups is 3. The maximum atomic E-state index is 9.85. The Balaban J connectivity index is 1.15. The van der Waals surface area contributed by atoms with Crippen molar-refractivity contribution in [2.24, 2.45) is 15.0 Å². The molecule has 4 atom stereocenters. The van der Waals surface area contributed by atoms with Crippen molar-refractivity contribution in [3.8, 4) is 5.75 Å². The van der Waals surface area contributed by atoms with E-state index in [1.807, 2.05) is 6.07 Å². The van der Waals surface area contributed by atoms with Crippen LogP contribution in [0.2, 0.25) is 0 Å². The van der Waals surface area contributed by atoms with Crippen LogP contribution in [0.1, 0.15) is 65.5 Å². The van der Waals surface area contributed by atoms with E-state index < -0.39 is 20.9 Å². The van der Waals surface area contributed by atoms with Gasteiger partial charge in [0.25, 0.3) is 0 Å². The van der Waals surface area contributed by atoms with E-state index in [1.165, 1.54) is 12.7 Å². The van der Waals surface area contributed by atoms with E-state index in [1.54, 1.807) is 0 Å². The summed E-state index contributed by atoms with van der Waals surface area (Å²) in [5.41, 5.74) is 6.74. The second kappa shape index (κ2) is 10.4. The molecule has 4 N–H and O–H groups in total. The molecule has 13 heteroatoms. The Morgan fingerprint density at radius 1 is 1.02 bits per heavy atom. The molecule has 1 spiro atoms. The summed E-state index contributed by atoms with van der Waals surface area (Å²) >= 11 is 7.89. The normalized spacial score (nSPS) is 25.6. The van der Waals surface area contributed by atoms with Crippen molar-refractivity contribution in [3.05, 3.63) is 124 Å². The van der Waals surface area contributed by atoms with Gasteiger partial charge < -0.3 is 25.2 Å². The van der Waals surface area contributed by atoms with Crippen LogP contribution < -0.4 is 20.1 Å². The number of aliphatic hydroxyl groups is 1. The standard InChI is InChI=1S/C39H37ClN8O3S/c1-39-30-15-8-7-14-28(30)33-43-36-29-20-23(51-19-9-16-31(49)50-2)17-18-27(29)35-44-38(40)52(39,46-33,47(35)36)48-34(25-12-5-6-13-26(25)37(48)45-39)42-32-24-11-4-3-10-22(24)21-41-32/h3-8,10-15,17-18,20,31,33-34,43,46,49,52H,9,16,19,21H2,1-2H3,(H,41,42)/t31?,33?,34?,39-/m1/s1. The first-order valence-electron chi connectivity index (χ1n) is 17.7. The van der Waals surface area contributed by atoms with Gasteiger partial charge in [0.05, 0.1) is 13.2 Å². The Labute approximate surface area is 305 Å². The second-order valence-corrected chi connectivity index (χ2v) is 19.4. The molecular weight excluding hydrogens is 696 g/mol. The average molecular weight is 733 g/mol. The molecule has 0 saturated carbocycles. The van der Waals surface area contributed by atoms with E-state index in [4.69, 9.17) is 36.1 Å². The number of halogens is 1. The number of hydrogen-bond donors (Lipinski definition) is 5. The van der Waals surface area contributed by atoms with E-state index in [2.05, 4.69) is 115 Å². The number of thiol groups is 1. The first kappa shape index (κ1) is 30.7. The van der Waals surface area contributed by atoms with Gasteiger partial charge in [-0.15, -0.1) is 0 Å². The zero-order chi connectivity index (χ0) is 35.0. The summed E-state index contributed by atoms with van der Waals surface area (Å²) in [6.07, 6.45) is -0.295. The largest absolute Gasteiger partial charge is 0.494 e. The summed E-state index contributed by atoms with van der Waals surface area (Å²) < 4.78 is 20.9. The summed E-state index contributed by atoms with van der Waals surface area (Å²) in [5, 5.41) is 19.7. The van der Waals surface area contributed by atoms with Crippen LogP contribution in [0.15, 0.2) is 106 Å². The highest BCUT2D eigenvalue weighted by molar-refractivity contribution is 8.59. The Hall–Kier alpha value is -4.85. The predicted molar refractivity (Wildman–Crippen MR) is 208 cm³/mol. The second-order valence-electron chi connectivity index (χ2n) is 14.3. The fourth-order valence-corrected chi connectivity index (χ4v) is 17.2. The molecule has 6 aliphatic rings. The van der Waals surface area contributed by atoms with E-state index in [-0.39, 0.29) is 12.3 Å². The third kappa shape index (κ3) is 3.43. The zero-order valence-corrected chi connectivity index (χ0v) is 30.2. The fraction of sp³-hybridized carbons (Fsp3) is 0.256. The Morgan fingerprint density at radius 2 is 1.81 bits per heavy atom. The molecule has 0 aliphatic carbocycles. The number of fused-ring (bicyclic) bond motifs is 11. The average Bonchev–Trinajstić information content (AvgIpc) is 3.94. The monoisotopic (exact) mass is 732 g/mol. The van der Waals surface area contributed by atoms with Crippen LogP contribution in [0.25, 0.3) is 10.8 Å².